The maximum atomic E-state index is 14.7. The van der Waals surface area contributed by atoms with Crippen LogP contribution in [0.1, 0.15) is 82.7 Å². The van der Waals surface area contributed by atoms with E-state index in [-0.39, 0.29) is 48.0 Å². The molecule has 18 heteroatoms. The Labute approximate surface area is 386 Å². The summed E-state index contributed by atoms with van der Waals surface area (Å²) in [6.45, 7) is 17.3. The largest absolute Gasteiger partial charge is 0.464 e. The molecule has 5 amide bonds. The van der Waals surface area contributed by atoms with Crippen LogP contribution in [0.3, 0.4) is 0 Å². The molecule has 6 bridgehead atoms. The number of nitrogens with zero attached hydrogens (tertiary/aromatic N) is 7. The molecule has 2 N–H and O–H groups in total. The van der Waals surface area contributed by atoms with Crippen molar-refractivity contribution < 1.29 is 33.4 Å². The van der Waals surface area contributed by atoms with Gasteiger partial charge in [-0.1, -0.05) is 40.3 Å². The predicted octanol–water partition coefficient (Wildman–Crippen LogP) is 5.87. The van der Waals surface area contributed by atoms with E-state index in [4.69, 9.17) is 19.4 Å². The van der Waals surface area contributed by atoms with Gasteiger partial charge in [0.2, 0.25) is 17.3 Å². The van der Waals surface area contributed by atoms with E-state index in [9.17, 15) is 24.0 Å². The number of carbonyl (C=O) groups is 5. The summed E-state index contributed by atoms with van der Waals surface area (Å²) in [7, 11) is 2.48. The Hall–Kier alpha value is -5.43. The van der Waals surface area contributed by atoms with Crippen molar-refractivity contribution in [2.24, 2.45) is 11.3 Å². The van der Waals surface area contributed by atoms with Crippen molar-refractivity contribution >= 4 is 60.5 Å². The van der Waals surface area contributed by atoms with Crippen molar-refractivity contribution in [2.75, 3.05) is 47.4 Å². The molecule has 1 aromatic carbocycles. The lowest BCUT2D eigenvalue weighted by atomic mass is 9.67. The second-order valence-electron chi connectivity index (χ2n) is 18.8. The lowest BCUT2D eigenvalue weighted by molar-refractivity contribution is -0.153. The molecule has 1 aliphatic carbocycles. The van der Waals surface area contributed by atoms with Gasteiger partial charge in [0.05, 0.1) is 34.7 Å². The zero-order chi connectivity index (χ0) is 46.6. The molecule has 4 atom stereocenters. The molecular weight excluding hydrogens is 863 g/mol. The first-order valence-corrected chi connectivity index (χ1v) is 25.0. The quantitative estimate of drug-likeness (QED) is 0.124. The van der Waals surface area contributed by atoms with E-state index >= 15 is 0 Å². The van der Waals surface area contributed by atoms with E-state index in [0.717, 1.165) is 44.7 Å². The first-order chi connectivity index (χ1) is 30.9. The van der Waals surface area contributed by atoms with Crippen LogP contribution in [0.15, 0.2) is 54.1 Å². The van der Waals surface area contributed by atoms with Crippen LogP contribution in [-0.2, 0) is 36.4 Å². The van der Waals surface area contributed by atoms with E-state index in [1.54, 1.807) is 44.1 Å². The molecule has 1 radical (unpaired) electrons. The molecule has 6 heterocycles. The SMILES string of the molecule is C=C(C)C(=O)N1CC(N(C)C(=O)N(C)[C@H](C(=O)N[Si]2Cc3nc(cs3)-c3ccc4c(c3)c3c(n4CC)-c4cccnc4[C@@H](OC)C3C(C)(C)COC(=O)[C@@H]3CCCN(N3)C2=O)C(C)C)C1. The van der Waals surface area contributed by atoms with Crippen LogP contribution in [-0.4, -0.2) is 138 Å². The summed E-state index contributed by atoms with van der Waals surface area (Å²) in [5.41, 5.74) is 9.36. The topological polar surface area (TPSA) is 172 Å². The number of aromatic nitrogens is 3. The molecule has 16 nitrogen and oxygen atoms in total. The van der Waals surface area contributed by atoms with Gasteiger partial charge in [0, 0.05) is 104 Å². The number of fused-ring (bicyclic) bond motifs is 8. The Balaban J connectivity index is 1.15. The highest BCUT2D eigenvalue weighted by molar-refractivity contribution is 7.10. The summed E-state index contributed by atoms with van der Waals surface area (Å²) in [6.07, 6.45) is 2.37. The standard InChI is InChI=1S/C47H60N9O7SSi/c1-11-55-34-17-16-28-20-31(34)36-37(41(62-10)38-30(40(36)55)14-12-18-48-38)47(6,7)25-63-44(59)32-15-13-19-56(50-32)46(61)65(24-35-49-33(28)23-64-35)51-42(57)39(26(2)3)53(9)45(60)52(8)29-21-54(22-29)43(58)27(4)5/h12,14,16-18,20,23,26,29,32,37,39,41,50H,4,11,13,15,19,21-22,24-25H2,1-3,5-10H3,(H,51,57)/t32-,37?,39-,41-/m0/s1. The number of esters is 1. The number of amides is 5. The van der Waals surface area contributed by atoms with Crippen molar-refractivity contribution in [1.82, 2.24) is 44.7 Å². The van der Waals surface area contributed by atoms with Gasteiger partial charge in [-0.15, -0.1) is 11.3 Å². The Morgan fingerprint density at radius 1 is 1.17 bits per heavy atom. The summed E-state index contributed by atoms with van der Waals surface area (Å²) < 4.78 is 14.9. The van der Waals surface area contributed by atoms with Crippen LogP contribution < -0.4 is 10.4 Å². The van der Waals surface area contributed by atoms with Crippen molar-refractivity contribution in [3.05, 3.63) is 70.3 Å². The average molecular weight is 923 g/mol. The van der Waals surface area contributed by atoms with Crippen LogP contribution in [0.5, 0.6) is 0 Å². The Morgan fingerprint density at radius 3 is 2.62 bits per heavy atom. The molecule has 2 fully saturated rings. The fraction of sp³-hybridized carbons (Fsp3) is 0.511. The number of thiazole rings is 1. The lowest BCUT2D eigenvalue weighted by Crippen LogP contribution is -2.66. The number of benzene rings is 1. The molecule has 2 saturated heterocycles. The second-order valence-corrected chi connectivity index (χ2v) is 21.7. The number of hydrogen-bond donors (Lipinski definition) is 2. The lowest BCUT2D eigenvalue weighted by Gasteiger charge is -2.45. The van der Waals surface area contributed by atoms with Gasteiger partial charge in [-0.2, -0.15) is 0 Å². The highest BCUT2D eigenvalue weighted by Gasteiger charge is 2.48. The number of cyclic esters (lactones) is 1. The number of ether oxygens (including phenoxy) is 2. The highest BCUT2D eigenvalue weighted by Crippen LogP contribution is 2.57. The third kappa shape index (κ3) is 8.38. The summed E-state index contributed by atoms with van der Waals surface area (Å²) in [5.74, 6) is -1.65. The van der Waals surface area contributed by atoms with E-state index in [1.807, 2.05) is 25.3 Å². The van der Waals surface area contributed by atoms with Gasteiger partial charge in [0.1, 0.15) is 18.2 Å². The van der Waals surface area contributed by atoms with Gasteiger partial charge in [-0.05, 0) is 62.4 Å². The summed E-state index contributed by atoms with van der Waals surface area (Å²) >= 11 is 1.43. The minimum absolute atomic E-state index is 0.0762. The number of likely N-dealkylation sites (N-methyl/N-ethyl adjacent to an activating group) is 2. The van der Waals surface area contributed by atoms with Crippen molar-refractivity contribution in [3.63, 3.8) is 0 Å². The molecule has 4 aromatic rings. The minimum Gasteiger partial charge on any atom is -0.464 e. The van der Waals surface area contributed by atoms with Crippen LogP contribution in [0.4, 0.5) is 9.59 Å². The van der Waals surface area contributed by atoms with Crippen molar-refractivity contribution in [3.8, 4) is 22.5 Å². The number of likely N-dealkylation sites (tertiary alicyclic amines) is 1. The molecule has 3 aliphatic heterocycles. The molecule has 65 heavy (non-hydrogen) atoms. The number of hydrogen-bond acceptors (Lipinski definition) is 11. The zero-order valence-electron chi connectivity index (χ0n) is 38.8. The monoisotopic (exact) mass is 922 g/mol. The molecule has 1 unspecified atom stereocenters. The number of urea groups is 1. The van der Waals surface area contributed by atoms with Gasteiger partial charge in [-0.3, -0.25) is 29.2 Å². The third-order valence-corrected chi connectivity index (χ3v) is 16.6. The number of hydrazine groups is 1. The first kappa shape index (κ1) is 46.1. The molecule has 3 aromatic heterocycles. The van der Waals surface area contributed by atoms with E-state index in [2.05, 4.69) is 66.6 Å². The number of carbonyl (C=O) groups excluding carboxylic acids is 5. The molecular formula is C47H60N9O7SSi. The number of rotatable bonds is 8. The van der Waals surface area contributed by atoms with Crippen molar-refractivity contribution in [1.29, 1.82) is 0 Å². The van der Waals surface area contributed by atoms with Gasteiger partial charge < -0.3 is 33.7 Å². The van der Waals surface area contributed by atoms with Crippen LogP contribution >= 0.6 is 11.3 Å². The number of methoxy groups -OCH3 is 1. The van der Waals surface area contributed by atoms with Crippen molar-refractivity contribution in [2.45, 2.75) is 97.1 Å². The fourth-order valence-corrected chi connectivity index (χ4v) is 13.1. The van der Waals surface area contributed by atoms with Gasteiger partial charge in [-0.25, -0.2) is 15.2 Å². The number of pyridine rings is 1. The summed E-state index contributed by atoms with van der Waals surface area (Å²) in [4.78, 5) is 87.3. The second kappa shape index (κ2) is 18.1. The third-order valence-electron chi connectivity index (χ3n) is 13.5. The maximum Gasteiger partial charge on any atom is 0.324 e. The first-order valence-electron chi connectivity index (χ1n) is 22.4. The number of nitrogens with one attached hydrogen (secondary N) is 2. The normalized spacial score (nSPS) is 21.5. The molecule has 8 rings (SSSR count). The summed E-state index contributed by atoms with van der Waals surface area (Å²) in [5, 5.41) is 5.17. The maximum absolute atomic E-state index is 14.7. The van der Waals surface area contributed by atoms with Gasteiger partial charge >= 0.3 is 12.0 Å². The highest BCUT2D eigenvalue weighted by atomic mass is 32.1. The predicted molar refractivity (Wildman–Crippen MR) is 250 cm³/mol. The Bertz CT molecular complexity index is 2550. The van der Waals surface area contributed by atoms with Crippen LogP contribution in [0.25, 0.3) is 33.4 Å². The average Bonchev–Trinajstić information content (AvgIpc) is 3.88. The van der Waals surface area contributed by atoms with Gasteiger partial charge in [0.15, 0.2) is 0 Å². The summed E-state index contributed by atoms with van der Waals surface area (Å²) in [6, 6.07) is 8.31. The van der Waals surface area contributed by atoms with E-state index in [1.165, 1.54) is 21.2 Å². The van der Waals surface area contributed by atoms with E-state index < -0.39 is 44.4 Å². The fourth-order valence-electron chi connectivity index (χ4n) is 10.0. The Morgan fingerprint density at radius 2 is 1.92 bits per heavy atom. The molecule has 345 valence electrons. The molecule has 0 saturated carbocycles. The molecule has 4 aliphatic rings. The smallest absolute Gasteiger partial charge is 0.324 e. The molecule has 0 spiro atoms. The zero-order valence-corrected chi connectivity index (χ0v) is 40.6. The van der Waals surface area contributed by atoms with Crippen LogP contribution in [0.2, 0.25) is 0 Å². The van der Waals surface area contributed by atoms with Crippen LogP contribution in [0, 0.1) is 11.3 Å². The Kier molecular flexibility index (Phi) is 12.8. The number of aryl methyl sites for hydroxylation is 1. The minimum atomic E-state index is -2.49. The van der Waals surface area contributed by atoms with Gasteiger partial charge in [0.25, 0.3) is 8.96 Å². The van der Waals surface area contributed by atoms with E-state index in [0.29, 0.717) is 49.6 Å².